The quantitative estimate of drug-likeness (QED) is 0.336. The first-order valence-corrected chi connectivity index (χ1v) is 12.5. The van der Waals surface area contributed by atoms with Gasteiger partial charge >= 0.3 is 0 Å². The Kier molecular flexibility index (Phi) is 7.22. The number of hydrogen-bond acceptors (Lipinski definition) is 5. The summed E-state index contributed by atoms with van der Waals surface area (Å²) >= 11 is 0. The molecule has 1 N–H and O–H groups in total. The van der Waals surface area contributed by atoms with Gasteiger partial charge < -0.3 is 19.4 Å². The molecule has 2 heterocycles. The molecule has 2 amide bonds. The standard InChI is InChI=1S/C30H28FN3O4/c1-3-28(35)34-14-13-20-7-12-24(16-25(20)29(34)21-6-4-5-19(2)15-21)37-18-27-33-26(17-38-27)30(36)32-23-10-8-22(31)9-11-23/h4-12,15-17,29H,3,13-14,18H2,1-2H3,(H,32,36). The minimum absolute atomic E-state index is 0.0231. The zero-order valence-corrected chi connectivity index (χ0v) is 21.2. The third kappa shape index (κ3) is 5.44. The van der Waals surface area contributed by atoms with Gasteiger partial charge in [-0.15, -0.1) is 0 Å². The van der Waals surface area contributed by atoms with Gasteiger partial charge in [-0.05, 0) is 66.4 Å². The van der Waals surface area contributed by atoms with Crippen molar-refractivity contribution in [2.75, 3.05) is 11.9 Å². The number of aryl methyl sites for hydroxylation is 1. The van der Waals surface area contributed by atoms with Crippen LogP contribution in [0.2, 0.25) is 0 Å². The second-order valence-electron chi connectivity index (χ2n) is 9.24. The second-order valence-corrected chi connectivity index (χ2v) is 9.24. The molecule has 1 unspecified atom stereocenters. The molecule has 8 heteroatoms. The Labute approximate surface area is 220 Å². The van der Waals surface area contributed by atoms with E-state index in [0.717, 1.165) is 23.1 Å². The van der Waals surface area contributed by atoms with Crippen molar-refractivity contribution in [1.82, 2.24) is 9.88 Å². The fourth-order valence-corrected chi connectivity index (χ4v) is 4.71. The lowest BCUT2D eigenvalue weighted by atomic mass is 9.87. The molecule has 0 spiro atoms. The van der Waals surface area contributed by atoms with Crippen LogP contribution in [0.25, 0.3) is 0 Å². The smallest absolute Gasteiger partial charge is 0.277 e. The highest BCUT2D eigenvalue weighted by atomic mass is 19.1. The van der Waals surface area contributed by atoms with Gasteiger partial charge in [0.1, 0.15) is 17.8 Å². The van der Waals surface area contributed by atoms with Gasteiger partial charge in [0.2, 0.25) is 11.8 Å². The van der Waals surface area contributed by atoms with E-state index < -0.39 is 5.91 Å². The highest BCUT2D eigenvalue weighted by Gasteiger charge is 2.31. The highest BCUT2D eigenvalue weighted by molar-refractivity contribution is 6.02. The average Bonchev–Trinajstić information content (AvgIpc) is 3.41. The summed E-state index contributed by atoms with van der Waals surface area (Å²) in [4.78, 5) is 31.5. The Bertz CT molecular complexity index is 1460. The molecular weight excluding hydrogens is 485 g/mol. The molecule has 1 atom stereocenters. The highest BCUT2D eigenvalue weighted by Crippen LogP contribution is 2.38. The van der Waals surface area contributed by atoms with E-state index in [1.54, 1.807) is 0 Å². The van der Waals surface area contributed by atoms with Crippen LogP contribution in [0.3, 0.4) is 0 Å². The van der Waals surface area contributed by atoms with Crippen LogP contribution in [0.5, 0.6) is 5.75 Å². The van der Waals surface area contributed by atoms with Gasteiger partial charge in [-0.25, -0.2) is 9.37 Å². The molecule has 0 saturated carbocycles. The largest absolute Gasteiger partial charge is 0.484 e. The van der Waals surface area contributed by atoms with Crippen LogP contribution >= 0.6 is 0 Å². The van der Waals surface area contributed by atoms with Crippen molar-refractivity contribution >= 4 is 17.5 Å². The summed E-state index contributed by atoms with van der Waals surface area (Å²) in [5.41, 5.74) is 4.95. The van der Waals surface area contributed by atoms with Gasteiger partial charge in [0.15, 0.2) is 12.3 Å². The molecule has 5 rings (SSSR count). The number of carbonyl (C=O) groups excluding carboxylic acids is 2. The molecule has 4 aromatic rings. The van der Waals surface area contributed by atoms with Crippen molar-refractivity contribution in [3.05, 3.63) is 113 Å². The number of aromatic nitrogens is 1. The SMILES string of the molecule is CCC(=O)N1CCc2ccc(OCc3nc(C(=O)Nc4ccc(F)cc4)co3)cc2C1c1cccc(C)c1. The lowest BCUT2D eigenvalue weighted by Gasteiger charge is -2.38. The number of amides is 2. The number of ether oxygens (including phenoxy) is 1. The van der Waals surface area contributed by atoms with Crippen LogP contribution in [0, 0.1) is 12.7 Å². The number of hydrogen-bond donors (Lipinski definition) is 1. The monoisotopic (exact) mass is 513 g/mol. The van der Waals surface area contributed by atoms with Gasteiger partial charge in [-0.3, -0.25) is 9.59 Å². The maximum Gasteiger partial charge on any atom is 0.277 e. The third-order valence-electron chi connectivity index (χ3n) is 6.58. The lowest BCUT2D eigenvalue weighted by molar-refractivity contribution is -0.132. The number of nitrogens with one attached hydrogen (secondary N) is 1. The molecule has 1 aliphatic rings. The van der Waals surface area contributed by atoms with Gasteiger partial charge in [0, 0.05) is 18.7 Å². The number of carbonyl (C=O) groups is 2. The molecular formula is C30H28FN3O4. The van der Waals surface area contributed by atoms with Crippen LogP contribution in [0.15, 0.2) is 77.4 Å². The van der Waals surface area contributed by atoms with E-state index in [2.05, 4.69) is 22.4 Å². The first-order valence-electron chi connectivity index (χ1n) is 12.5. The van der Waals surface area contributed by atoms with Crippen molar-refractivity contribution < 1.29 is 23.1 Å². The van der Waals surface area contributed by atoms with Crippen molar-refractivity contribution in [3.8, 4) is 5.75 Å². The molecule has 1 aliphatic heterocycles. The first kappa shape index (κ1) is 25.2. The fourth-order valence-electron chi connectivity index (χ4n) is 4.71. The maximum atomic E-state index is 13.1. The number of oxazole rings is 1. The molecule has 0 bridgehead atoms. The predicted molar refractivity (Wildman–Crippen MR) is 140 cm³/mol. The Morgan fingerprint density at radius 1 is 1.13 bits per heavy atom. The number of anilines is 1. The number of rotatable bonds is 7. The van der Waals surface area contributed by atoms with E-state index >= 15 is 0 Å². The van der Waals surface area contributed by atoms with Crippen molar-refractivity contribution in [1.29, 1.82) is 0 Å². The van der Waals surface area contributed by atoms with E-state index in [-0.39, 0.29) is 36.0 Å². The normalized spacial score (nSPS) is 14.6. The number of benzene rings is 3. The van der Waals surface area contributed by atoms with Gasteiger partial charge in [-0.2, -0.15) is 0 Å². The third-order valence-corrected chi connectivity index (χ3v) is 6.58. The topological polar surface area (TPSA) is 84.7 Å². The molecule has 0 saturated heterocycles. The summed E-state index contributed by atoms with van der Waals surface area (Å²) in [5.74, 6) is 0.107. The second kappa shape index (κ2) is 10.9. The molecule has 38 heavy (non-hydrogen) atoms. The van der Waals surface area contributed by atoms with Crippen LogP contribution in [0.1, 0.15) is 58.0 Å². The Morgan fingerprint density at radius 3 is 2.71 bits per heavy atom. The van der Waals surface area contributed by atoms with Crippen molar-refractivity contribution in [3.63, 3.8) is 0 Å². The Hall–Kier alpha value is -4.46. The van der Waals surface area contributed by atoms with E-state index in [1.807, 2.05) is 49.1 Å². The molecule has 194 valence electrons. The molecule has 7 nitrogen and oxygen atoms in total. The van der Waals surface area contributed by atoms with Gasteiger partial charge in [0.05, 0.1) is 6.04 Å². The zero-order valence-electron chi connectivity index (χ0n) is 21.2. The molecule has 3 aromatic carbocycles. The van der Waals surface area contributed by atoms with E-state index in [0.29, 0.717) is 24.4 Å². The molecule has 0 fully saturated rings. The average molecular weight is 514 g/mol. The molecule has 0 aliphatic carbocycles. The molecule has 0 radical (unpaired) electrons. The lowest BCUT2D eigenvalue weighted by Crippen LogP contribution is -2.40. The Balaban J connectivity index is 1.33. The van der Waals surface area contributed by atoms with E-state index in [9.17, 15) is 14.0 Å². The summed E-state index contributed by atoms with van der Waals surface area (Å²) in [7, 11) is 0. The Morgan fingerprint density at radius 2 is 1.95 bits per heavy atom. The number of fused-ring (bicyclic) bond motifs is 1. The van der Waals surface area contributed by atoms with Crippen LogP contribution in [-0.4, -0.2) is 28.2 Å². The van der Waals surface area contributed by atoms with Crippen LogP contribution in [0.4, 0.5) is 10.1 Å². The van der Waals surface area contributed by atoms with Gasteiger partial charge in [0.25, 0.3) is 5.91 Å². The molecule has 1 aromatic heterocycles. The summed E-state index contributed by atoms with van der Waals surface area (Å²) < 4.78 is 24.5. The summed E-state index contributed by atoms with van der Waals surface area (Å²) in [6.07, 6.45) is 2.47. The number of halogens is 1. The number of nitrogens with zero attached hydrogens (tertiary/aromatic N) is 2. The minimum atomic E-state index is -0.470. The summed E-state index contributed by atoms with van der Waals surface area (Å²) in [6.45, 7) is 4.62. The fraction of sp³-hybridized carbons (Fsp3) is 0.233. The summed E-state index contributed by atoms with van der Waals surface area (Å²) in [6, 6.07) is 19.4. The van der Waals surface area contributed by atoms with E-state index in [4.69, 9.17) is 9.15 Å². The van der Waals surface area contributed by atoms with Crippen molar-refractivity contribution in [2.45, 2.75) is 39.3 Å². The maximum absolute atomic E-state index is 13.1. The van der Waals surface area contributed by atoms with Gasteiger partial charge in [-0.1, -0.05) is 42.8 Å². The van der Waals surface area contributed by atoms with Crippen LogP contribution < -0.4 is 10.1 Å². The zero-order chi connectivity index (χ0) is 26.6. The first-order chi connectivity index (χ1) is 18.4. The summed E-state index contributed by atoms with van der Waals surface area (Å²) in [5, 5.41) is 2.65. The van der Waals surface area contributed by atoms with Crippen LogP contribution in [-0.2, 0) is 17.8 Å². The van der Waals surface area contributed by atoms with E-state index in [1.165, 1.54) is 36.1 Å². The van der Waals surface area contributed by atoms with Crippen molar-refractivity contribution in [2.24, 2.45) is 0 Å². The minimum Gasteiger partial charge on any atom is -0.484 e. The predicted octanol–water partition coefficient (Wildman–Crippen LogP) is 5.84.